The van der Waals surface area contributed by atoms with Crippen molar-refractivity contribution in [2.75, 3.05) is 26.7 Å². The van der Waals surface area contributed by atoms with E-state index in [1.54, 1.807) is 7.11 Å². The van der Waals surface area contributed by atoms with E-state index in [0.29, 0.717) is 24.5 Å². The summed E-state index contributed by atoms with van der Waals surface area (Å²) in [5.41, 5.74) is 3.07. The minimum Gasteiger partial charge on any atom is -0.496 e. The van der Waals surface area contributed by atoms with Crippen molar-refractivity contribution in [3.63, 3.8) is 0 Å². The summed E-state index contributed by atoms with van der Waals surface area (Å²) in [4.78, 5) is 11.8. The van der Waals surface area contributed by atoms with Crippen molar-refractivity contribution in [1.82, 2.24) is 20.5 Å². The van der Waals surface area contributed by atoms with Gasteiger partial charge in [0.2, 0.25) is 0 Å². The number of rotatable bonds is 6. The lowest BCUT2D eigenvalue weighted by atomic mass is 10.1. The highest BCUT2D eigenvalue weighted by atomic mass is 127. The number of hydrogen-bond acceptors (Lipinski definition) is 4. The Labute approximate surface area is 181 Å². The smallest absolute Gasteiger partial charge is 0.191 e. The van der Waals surface area contributed by atoms with Gasteiger partial charge in [0.1, 0.15) is 5.75 Å². The van der Waals surface area contributed by atoms with E-state index in [1.807, 2.05) is 20.0 Å². The van der Waals surface area contributed by atoms with Crippen LogP contribution in [0.4, 0.5) is 0 Å². The molecule has 0 amide bonds. The molecule has 1 aliphatic rings. The quantitative estimate of drug-likeness (QED) is 0.366. The number of nitrogens with zero attached hydrogens (tertiary/aromatic N) is 3. The van der Waals surface area contributed by atoms with E-state index < -0.39 is 0 Å². The molecular formula is C20H36IN5O. The predicted octanol–water partition coefficient (Wildman–Crippen LogP) is 3.11. The van der Waals surface area contributed by atoms with Crippen molar-refractivity contribution in [3.05, 3.63) is 23.0 Å². The van der Waals surface area contributed by atoms with E-state index in [4.69, 9.17) is 9.73 Å². The molecule has 0 bridgehead atoms. The lowest BCUT2D eigenvalue weighted by Crippen LogP contribution is -2.46. The maximum atomic E-state index is 5.50. The summed E-state index contributed by atoms with van der Waals surface area (Å²) in [5, 5.41) is 6.98. The molecule has 0 aromatic carbocycles. The van der Waals surface area contributed by atoms with Crippen LogP contribution in [0.5, 0.6) is 5.75 Å². The monoisotopic (exact) mass is 489 g/mol. The highest BCUT2D eigenvalue weighted by Crippen LogP contribution is 2.24. The summed E-state index contributed by atoms with van der Waals surface area (Å²) >= 11 is 0. The molecule has 0 saturated carbocycles. The molecule has 1 fully saturated rings. The van der Waals surface area contributed by atoms with E-state index >= 15 is 0 Å². The van der Waals surface area contributed by atoms with Gasteiger partial charge in [-0.1, -0.05) is 6.92 Å². The molecule has 0 aliphatic carbocycles. The third-order valence-electron chi connectivity index (χ3n) is 5.17. The Kier molecular flexibility index (Phi) is 9.80. The average molecular weight is 489 g/mol. The molecule has 2 N–H and O–H groups in total. The van der Waals surface area contributed by atoms with E-state index in [1.165, 1.54) is 0 Å². The van der Waals surface area contributed by atoms with Crippen LogP contribution in [0, 0.1) is 19.8 Å². The number of ether oxygens (including phenoxy) is 1. The molecule has 1 aromatic rings. The molecule has 2 heterocycles. The first-order chi connectivity index (χ1) is 12.4. The summed E-state index contributed by atoms with van der Waals surface area (Å²) in [6, 6.07) is 0.993. The Hall–Kier alpha value is -1.09. The SMILES string of the molecule is CCNC(=NCc1ncc(C)c(OC)c1C)NC1CN(C(C)C)CC1C.I. The van der Waals surface area contributed by atoms with Crippen molar-refractivity contribution in [1.29, 1.82) is 0 Å². The number of aromatic nitrogens is 1. The second kappa shape index (κ2) is 11.0. The molecule has 0 radical (unpaired) electrons. The number of likely N-dealkylation sites (tertiary alicyclic amines) is 1. The van der Waals surface area contributed by atoms with Crippen molar-refractivity contribution in [2.24, 2.45) is 10.9 Å². The van der Waals surface area contributed by atoms with Crippen LogP contribution in [-0.4, -0.2) is 54.7 Å². The van der Waals surface area contributed by atoms with Gasteiger partial charge in [0.15, 0.2) is 5.96 Å². The van der Waals surface area contributed by atoms with Gasteiger partial charge in [0.05, 0.1) is 19.3 Å². The molecule has 1 saturated heterocycles. The number of halogens is 1. The first-order valence-corrected chi connectivity index (χ1v) is 9.65. The van der Waals surface area contributed by atoms with Gasteiger partial charge in [-0.15, -0.1) is 24.0 Å². The minimum absolute atomic E-state index is 0. The second-order valence-corrected chi connectivity index (χ2v) is 7.52. The van der Waals surface area contributed by atoms with Crippen LogP contribution in [0.15, 0.2) is 11.2 Å². The van der Waals surface area contributed by atoms with Crippen molar-refractivity contribution < 1.29 is 4.74 Å². The lowest BCUT2D eigenvalue weighted by molar-refractivity contribution is 0.265. The number of aryl methyl sites for hydroxylation is 1. The van der Waals surface area contributed by atoms with Crippen molar-refractivity contribution in [2.45, 2.75) is 60.2 Å². The third kappa shape index (κ3) is 6.20. The highest BCUT2D eigenvalue weighted by Gasteiger charge is 2.31. The Balaban J connectivity index is 0.00000364. The Morgan fingerprint density at radius 1 is 1.37 bits per heavy atom. The summed E-state index contributed by atoms with van der Waals surface area (Å²) in [7, 11) is 1.70. The van der Waals surface area contributed by atoms with Crippen LogP contribution in [0.1, 0.15) is 44.5 Å². The maximum absolute atomic E-state index is 5.50. The molecule has 154 valence electrons. The standard InChI is InChI=1S/C20H35N5O.HI/c1-8-21-20(24-18-12-25(13(2)3)11-15(18)5)23-10-17-16(6)19(26-7)14(4)9-22-17;/h9,13,15,18H,8,10-12H2,1-7H3,(H2,21,23,24);1H. The Morgan fingerprint density at radius 3 is 2.63 bits per heavy atom. The number of nitrogens with one attached hydrogen (secondary N) is 2. The van der Waals surface area contributed by atoms with Gasteiger partial charge in [-0.3, -0.25) is 9.88 Å². The molecule has 1 aromatic heterocycles. The van der Waals surface area contributed by atoms with Crippen molar-refractivity contribution >= 4 is 29.9 Å². The second-order valence-electron chi connectivity index (χ2n) is 7.52. The van der Waals surface area contributed by atoms with Gasteiger partial charge in [0, 0.05) is 49.0 Å². The molecule has 1 aliphatic heterocycles. The molecule has 2 unspecified atom stereocenters. The Morgan fingerprint density at radius 2 is 2.07 bits per heavy atom. The minimum atomic E-state index is 0. The number of aliphatic imine (C=N–C) groups is 1. The first kappa shape index (κ1) is 23.9. The average Bonchev–Trinajstić information content (AvgIpc) is 2.96. The molecule has 27 heavy (non-hydrogen) atoms. The molecule has 7 heteroatoms. The van der Waals surface area contributed by atoms with Crippen LogP contribution >= 0.6 is 24.0 Å². The fourth-order valence-corrected chi connectivity index (χ4v) is 3.49. The highest BCUT2D eigenvalue weighted by molar-refractivity contribution is 14.0. The number of hydrogen-bond donors (Lipinski definition) is 2. The number of guanidine groups is 1. The molecule has 0 spiro atoms. The third-order valence-corrected chi connectivity index (χ3v) is 5.17. The van der Waals surface area contributed by atoms with Crippen LogP contribution in [0.2, 0.25) is 0 Å². The molecular weight excluding hydrogens is 453 g/mol. The number of methoxy groups -OCH3 is 1. The van der Waals surface area contributed by atoms with Gasteiger partial charge < -0.3 is 15.4 Å². The summed E-state index contributed by atoms with van der Waals surface area (Å²) in [5.74, 6) is 2.36. The predicted molar refractivity (Wildman–Crippen MR) is 123 cm³/mol. The fraction of sp³-hybridized carbons (Fsp3) is 0.700. The van der Waals surface area contributed by atoms with Crippen LogP contribution in [0.3, 0.4) is 0 Å². The largest absolute Gasteiger partial charge is 0.496 e. The van der Waals surface area contributed by atoms with Gasteiger partial charge in [-0.2, -0.15) is 0 Å². The summed E-state index contributed by atoms with van der Waals surface area (Å²) in [6.07, 6.45) is 1.86. The van der Waals surface area contributed by atoms with Crippen LogP contribution in [0.25, 0.3) is 0 Å². The van der Waals surface area contributed by atoms with E-state index in [9.17, 15) is 0 Å². The number of pyridine rings is 1. The van der Waals surface area contributed by atoms with Gasteiger partial charge in [-0.25, -0.2) is 4.99 Å². The summed E-state index contributed by atoms with van der Waals surface area (Å²) < 4.78 is 5.50. The van der Waals surface area contributed by atoms with Crippen molar-refractivity contribution in [3.8, 4) is 5.75 Å². The summed E-state index contributed by atoms with van der Waals surface area (Å²) in [6.45, 7) is 16.5. The van der Waals surface area contributed by atoms with Crippen LogP contribution < -0.4 is 15.4 Å². The maximum Gasteiger partial charge on any atom is 0.191 e. The normalized spacial score (nSPS) is 20.5. The zero-order valence-corrected chi connectivity index (χ0v) is 20.1. The Bertz CT molecular complexity index is 635. The topological polar surface area (TPSA) is 61.8 Å². The lowest BCUT2D eigenvalue weighted by Gasteiger charge is -2.22. The zero-order valence-electron chi connectivity index (χ0n) is 17.8. The van der Waals surface area contributed by atoms with E-state index in [-0.39, 0.29) is 24.0 Å². The van der Waals surface area contributed by atoms with E-state index in [0.717, 1.165) is 48.2 Å². The molecule has 2 rings (SSSR count). The van der Waals surface area contributed by atoms with Gasteiger partial charge >= 0.3 is 0 Å². The molecule has 2 atom stereocenters. The van der Waals surface area contributed by atoms with Gasteiger partial charge in [0.25, 0.3) is 0 Å². The molecule has 6 nitrogen and oxygen atoms in total. The van der Waals surface area contributed by atoms with E-state index in [2.05, 4.69) is 48.2 Å². The first-order valence-electron chi connectivity index (χ1n) is 9.65. The van der Waals surface area contributed by atoms with Gasteiger partial charge in [-0.05, 0) is 40.5 Å². The zero-order chi connectivity index (χ0) is 19.3. The van der Waals surface area contributed by atoms with Crippen LogP contribution in [-0.2, 0) is 6.54 Å². The fourth-order valence-electron chi connectivity index (χ4n) is 3.49.